The summed E-state index contributed by atoms with van der Waals surface area (Å²) in [6, 6.07) is 14.1. The van der Waals surface area contributed by atoms with Crippen molar-refractivity contribution in [1.82, 2.24) is 5.32 Å². The van der Waals surface area contributed by atoms with Gasteiger partial charge in [0.15, 0.2) is 11.5 Å². The monoisotopic (exact) mass is 407 g/mol. The molecule has 0 spiro atoms. The number of hydrogen-bond acceptors (Lipinski definition) is 4. The van der Waals surface area contributed by atoms with Gasteiger partial charge in [0.2, 0.25) is 0 Å². The van der Waals surface area contributed by atoms with E-state index in [0.29, 0.717) is 13.2 Å². The zero-order valence-corrected chi connectivity index (χ0v) is 16.5. The summed E-state index contributed by atoms with van der Waals surface area (Å²) in [5.74, 6) is 1.52. The quantitative estimate of drug-likeness (QED) is 0.554. The van der Waals surface area contributed by atoms with Gasteiger partial charge < -0.3 is 19.5 Å². The lowest BCUT2D eigenvalue weighted by Gasteiger charge is -2.16. The van der Waals surface area contributed by atoms with Gasteiger partial charge in [-0.3, -0.25) is 0 Å². The van der Waals surface area contributed by atoms with E-state index in [9.17, 15) is 0 Å². The van der Waals surface area contributed by atoms with Crippen molar-refractivity contribution in [3.63, 3.8) is 0 Å². The Balaban J connectivity index is 2.02. The number of hydrogen-bond donors (Lipinski definition) is 1. The van der Waals surface area contributed by atoms with Crippen LogP contribution in [0.1, 0.15) is 24.5 Å². The zero-order chi connectivity index (χ0) is 17.9. The highest BCUT2D eigenvalue weighted by molar-refractivity contribution is 9.10. The van der Waals surface area contributed by atoms with Gasteiger partial charge in [-0.1, -0.05) is 46.3 Å². The SMILES string of the molecule is CCOCCCNCc1cc(Br)cc(OC)c1OCc1ccccc1. The molecule has 2 aromatic rings. The van der Waals surface area contributed by atoms with Crippen molar-refractivity contribution in [2.75, 3.05) is 26.9 Å². The Morgan fingerprint density at radius 3 is 2.64 bits per heavy atom. The standard InChI is InChI=1S/C20H26BrNO3/c1-3-24-11-7-10-22-14-17-12-18(21)13-19(23-2)20(17)25-15-16-8-5-4-6-9-16/h4-6,8-9,12-13,22H,3,7,10-11,14-15H2,1-2H3. The minimum atomic E-state index is 0.510. The van der Waals surface area contributed by atoms with Crippen LogP contribution in [0, 0.1) is 0 Å². The molecule has 0 saturated heterocycles. The molecule has 0 bridgehead atoms. The van der Waals surface area contributed by atoms with Gasteiger partial charge in [-0.15, -0.1) is 0 Å². The van der Waals surface area contributed by atoms with Gasteiger partial charge in [0.1, 0.15) is 6.61 Å². The molecular weight excluding hydrogens is 382 g/mol. The lowest BCUT2D eigenvalue weighted by Crippen LogP contribution is -2.17. The second-order valence-electron chi connectivity index (χ2n) is 5.60. The van der Waals surface area contributed by atoms with Crippen molar-refractivity contribution in [3.8, 4) is 11.5 Å². The van der Waals surface area contributed by atoms with Crippen molar-refractivity contribution < 1.29 is 14.2 Å². The number of halogens is 1. The van der Waals surface area contributed by atoms with Gasteiger partial charge in [0, 0.05) is 29.8 Å². The van der Waals surface area contributed by atoms with E-state index in [1.807, 2.05) is 31.2 Å². The number of methoxy groups -OCH3 is 1. The highest BCUT2D eigenvalue weighted by Crippen LogP contribution is 2.35. The first kappa shape index (κ1) is 19.8. The molecular formula is C20H26BrNO3. The van der Waals surface area contributed by atoms with Crippen LogP contribution in [0.2, 0.25) is 0 Å². The molecule has 0 aromatic heterocycles. The molecule has 0 saturated carbocycles. The third-order valence-corrected chi connectivity index (χ3v) is 4.16. The summed E-state index contributed by atoms with van der Waals surface area (Å²) in [5, 5.41) is 3.44. The largest absolute Gasteiger partial charge is 0.493 e. The Labute approximate surface area is 158 Å². The molecule has 4 nitrogen and oxygen atoms in total. The summed E-state index contributed by atoms with van der Waals surface area (Å²) < 4.78 is 17.9. The van der Waals surface area contributed by atoms with E-state index < -0.39 is 0 Å². The van der Waals surface area contributed by atoms with Crippen LogP contribution in [0.4, 0.5) is 0 Å². The summed E-state index contributed by atoms with van der Waals surface area (Å²) in [5.41, 5.74) is 2.20. The first-order valence-corrected chi connectivity index (χ1v) is 9.35. The van der Waals surface area contributed by atoms with Crippen LogP contribution in [-0.4, -0.2) is 26.9 Å². The third kappa shape index (κ3) is 6.69. The van der Waals surface area contributed by atoms with Crippen molar-refractivity contribution >= 4 is 15.9 Å². The molecule has 0 radical (unpaired) electrons. The summed E-state index contributed by atoms with van der Waals surface area (Å²) in [4.78, 5) is 0. The fraction of sp³-hybridized carbons (Fsp3) is 0.400. The lowest BCUT2D eigenvalue weighted by molar-refractivity contribution is 0.144. The minimum Gasteiger partial charge on any atom is -0.493 e. The molecule has 0 fully saturated rings. The summed E-state index contributed by atoms with van der Waals surface area (Å²) in [7, 11) is 1.66. The molecule has 25 heavy (non-hydrogen) atoms. The maximum atomic E-state index is 6.09. The Morgan fingerprint density at radius 2 is 1.92 bits per heavy atom. The number of nitrogens with one attached hydrogen (secondary N) is 1. The molecule has 0 unspecified atom stereocenters. The molecule has 2 aromatic carbocycles. The average molecular weight is 408 g/mol. The van der Waals surface area contributed by atoms with Crippen LogP contribution in [-0.2, 0) is 17.9 Å². The Bertz CT molecular complexity index is 634. The molecule has 0 aliphatic heterocycles. The van der Waals surface area contributed by atoms with E-state index in [0.717, 1.165) is 53.3 Å². The fourth-order valence-electron chi connectivity index (χ4n) is 2.47. The van der Waals surface area contributed by atoms with Crippen molar-refractivity contribution in [1.29, 1.82) is 0 Å². The highest BCUT2D eigenvalue weighted by atomic mass is 79.9. The van der Waals surface area contributed by atoms with Crippen LogP contribution in [0.3, 0.4) is 0 Å². The smallest absolute Gasteiger partial charge is 0.166 e. The number of benzene rings is 2. The second kappa shape index (κ2) is 11.1. The van der Waals surface area contributed by atoms with E-state index in [1.165, 1.54) is 0 Å². The molecule has 136 valence electrons. The Kier molecular flexibility index (Phi) is 8.80. The van der Waals surface area contributed by atoms with Crippen LogP contribution >= 0.6 is 15.9 Å². The van der Waals surface area contributed by atoms with Crippen LogP contribution in [0.15, 0.2) is 46.9 Å². The molecule has 1 N–H and O–H groups in total. The molecule has 0 heterocycles. The van der Waals surface area contributed by atoms with E-state index in [4.69, 9.17) is 14.2 Å². The molecule has 0 aliphatic carbocycles. The molecule has 5 heteroatoms. The summed E-state index contributed by atoms with van der Waals surface area (Å²) in [6.07, 6.45) is 0.985. The van der Waals surface area contributed by atoms with Crippen molar-refractivity contribution in [2.45, 2.75) is 26.5 Å². The summed E-state index contributed by atoms with van der Waals surface area (Å²) in [6.45, 7) is 5.68. The van der Waals surface area contributed by atoms with Crippen LogP contribution in [0.25, 0.3) is 0 Å². The maximum absolute atomic E-state index is 6.09. The van der Waals surface area contributed by atoms with Crippen molar-refractivity contribution in [2.24, 2.45) is 0 Å². The summed E-state index contributed by atoms with van der Waals surface area (Å²) >= 11 is 3.54. The van der Waals surface area contributed by atoms with E-state index in [2.05, 4.69) is 39.4 Å². The Morgan fingerprint density at radius 1 is 1.12 bits per heavy atom. The predicted molar refractivity (Wildman–Crippen MR) is 104 cm³/mol. The molecule has 0 amide bonds. The molecule has 0 aliphatic rings. The minimum absolute atomic E-state index is 0.510. The van der Waals surface area contributed by atoms with E-state index in [1.54, 1.807) is 7.11 Å². The van der Waals surface area contributed by atoms with Crippen LogP contribution in [0.5, 0.6) is 11.5 Å². The van der Waals surface area contributed by atoms with E-state index >= 15 is 0 Å². The van der Waals surface area contributed by atoms with Gasteiger partial charge in [-0.05, 0) is 37.6 Å². The number of rotatable bonds is 11. The van der Waals surface area contributed by atoms with Gasteiger partial charge in [-0.2, -0.15) is 0 Å². The normalized spacial score (nSPS) is 10.7. The van der Waals surface area contributed by atoms with Crippen molar-refractivity contribution in [3.05, 3.63) is 58.1 Å². The fourth-order valence-corrected chi connectivity index (χ4v) is 2.95. The first-order chi connectivity index (χ1) is 12.2. The second-order valence-corrected chi connectivity index (χ2v) is 6.51. The van der Waals surface area contributed by atoms with Gasteiger partial charge in [0.05, 0.1) is 7.11 Å². The van der Waals surface area contributed by atoms with Gasteiger partial charge in [0.25, 0.3) is 0 Å². The third-order valence-electron chi connectivity index (χ3n) is 3.70. The maximum Gasteiger partial charge on any atom is 0.166 e. The first-order valence-electron chi connectivity index (χ1n) is 8.56. The zero-order valence-electron chi connectivity index (χ0n) is 14.9. The molecule has 2 rings (SSSR count). The topological polar surface area (TPSA) is 39.7 Å². The average Bonchev–Trinajstić information content (AvgIpc) is 2.64. The van der Waals surface area contributed by atoms with E-state index in [-0.39, 0.29) is 0 Å². The lowest BCUT2D eigenvalue weighted by atomic mass is 10.1. The van der Waals surface area contributed by atoms with Gasteiger partial charge in [-0.25, -0.2) is 0 Å². The number of ether oxygens (including phenoxy) is 3. The van der Waals surface area contributed by atoms with Crippen LogP contribution < -0.4 is 14.8 Å². The van der Waals surface area contributed by atoms with Gasteiger partial charge >= 0.3 is 0 Å². The predicted octanol–water partition coefficient (Wildman–Crippen LogP) is 4.55. The molecule has 0 atom stereocenters. The highest BCUT2D eigenvalue weighted by Gasteiger charge is 2.13. The Hall–Kier alpha value is -1.56.